The number of amides is 2. The molecule has 0 heterocycles. The number of carboxylic acid groups (broad SMARTS) is 1. The number of ether oxygens (including phenoxy) is 1. The highest BCUT2D eigenvalue weighted by Crippen LogP contribution is 2.45. The molecule has 1 saturated carbocycles. The van der Waals surface area contributed by atoms with E-state index in [4.69, 9.17) is 9.84 Å². The first kappa shape index (κ1) is 28.8. The molecular weight excluding hydrogens is 563 g/mol. The van der Waals surface area contributed by atoms with Crippen LogP contribution in [-0.2, 0) is 11.0 Å². The number of hydrogen-bond donors (Lipinski definition) is 3. The van der Waals surface area contributed by atoms with E-state index in [-0.39, 0.29) is 40.0 Å². The Morgan fingerprint density at radius 2 is 1.64 bits per heavy atom. The zero-order valence-corrected chi connectivity index (χ0v) is 21.8. The van der Waals surface area contributed by atoms with Gasteiger partial charge in [-0.2, -0.15) is 13.2 Å². The third kappa shape index (κ3) is 5.56. The zero-order valence-electron chi connectivity index (χ0n) is 21.8. The van der Waals surface area contributed by atoms with Gasteiger partial charge in [0, 0.05) is 23.4 Å². The quantitative estimate of drug-likeness (QED) is 0.236. The Morgan fingerprint density at radius 3 is 2.29 bits per heavy atom. The lowest BCUT2D eigenvalue weighted by Crippen LogP contribution is -2.47. The van der Waals surface area contributed by atoms with Crippen molar-refractivity contribution in [3.05, 3.63) is 95.1 Å². The molecule has 0 aromatic heterocycles. The lowest BCUT2D eigenvalue weighted by atomic mass is 9.87. The first-order valence-corrected chi connectivity index (χ1v) is 12.7. The maximum Gasteiger partial charge on any atom is 0.416 e. The van der Waals surface area contributed by atoms with E-state index in [1.54, 1.807) is 6.08 Å². The predicted octanol–water partition coefficient (Wildman–Crippen LogP) is 5.92. The van der Waals surface area contributed by atoms with Crippen LogP contribution in [0.25, 0.3) is 11.1 Å². The number of hydrogen-bond acceptors (Lipinski definition) is 4. The predicted molar refractivity (Wildman–Crippen MR) is 141 cm³/mol. The lowest BCUT2D eigenvalue weighted by Gasteiger charge is -2.28. The average molecular weight is 587 g/mol. The Morgan fingerprint density at radius 1 is 0.952 bits per heavy atom. The van der Waals surface area contributed by atoms with Crippen molar-refractivity contribution in [1.29, 1.82) is 0 Å². The maximum absolute atomic E-state index is 15.0. The number of rotatable bonds is 7. The first-order valence-electron chi connectivity index (χ1n) is 12.7. The average Bonchev–Trinajstić information content (AvgIpc) is 3.54. The highest BCUT2D eigenvalue weighted by molar-refractivity contribution is 6.00. The van der Waals surface area contributed by atoms with Gasteiger partial charge < -0.3 is 20.5 Å². The molecule has 0 aliphatic heterocycles. The summed E-state index contributed by atoms with van der Waals surface area (Å²) in [5.74, 6) is -5.99. The summed E-state index contributed by atoms with van der Waals surface area (Å²) in [7, 11) is 1.25. The number of benzene rings is 3. The van der Waals surface area contributed by atoms with Crippen LogP contribution < -0.4 is 15.4 Å². The fourth-order valence-electron chi connectivity index (χ4n) is 5.57. The molecule has 218 valence electrons. The van der Waals surface area contributed by atoms with Crippen molar-refractivity contribution >= 4 is 23.5 Å². The fraction of sp³-hybridized carbons (Fsp3) is 0.233. The third-order valence-electron chi connectivity index (χ3n) is 7.53. The van der Waals surface area contributed by atoms with Crippen LogP contribution in [-0.4, -0.2) is 36.0 Å². The van der Waals surface area contributed by atoms with Crippen molar-refractivity contribution in [2.24, 2.45) is 17.8 Å². The van der Waals surface area contributed by atoms with Crippen LogP contribution in [0.3, 0.4) is 0 Å². The number of anilines is 1. The van der Waals surface area contributed by atoms with Crippen LogP contribution >= 0.6 is 0 Å². The van der Waals surface area contributed by atoms with Gasteiger partial charge in [-0.25, -0.2) is 13.6 Å². The summed E-state index contributed by atoms with van der Waals surface area (Å²) in [6, 6.07) is 8.61. The Bertz CT molecular complexity index is 1600. The second-order valence-electron chi connectivity index (χ2n) is 10.1. The highest BCUT2D eigenvalue weighted by Gasteiger charge is 2.49. The van der Waals surface area contributed by atoms with Gasteiger partial charge in [-0.1, -0.05) is 24.3 Å². The number of carbonyl (C=O) groups is 3. The van der Waals surface area contributed by atoms with Gasteiger partial charge in [0.15, 0.2) is 0 Å². The molecule has 1 fully saturated rings. The first-order chi connectivity index (χ1) is 19.8. The van der Waals surface area contributed by atoms with E-state index in [1.165, 1.54) is 37.4 Å². The van der Waals surface area contributed by atoms with E-state index in [0.29, 0.717) is 24.1 Å². The number of nitrogens with one attached hydrogen (secondary N) is 2. The van der Waals surface area contributed by atoms with Crippen LogP contribution in [0.5, 0.6) is 5.75 Å². The van der Waals surface area contributed by atoms with Crippen LogP contribution in [0.15, 0.2) is 66.7 Å². The Hall–Kier alpha value is -4.74. The van der Waals surface area contributed by atoms with Crippen LogP contribution in [0, 0.1) is 29.4 Å². The van der Waals surface area contributed by atoms with E-state index >= 15 is 0 Å². The molecule has 2 aliphatic rings. The monoisotopic (exact) mass is 586 g/mol. The van der Waals surface area contributed by atoms with Gasteiger partial charge in [0.2, 0.25) is 5.91 Å². The van der Waals surface area contributed by atoms with Crippen LogP contribution in [0.2, 0.25) is 0 Å². The molecule has 0 radical (unpaired) electrons. The molecule has 0 spiro atoms. The topological polar surface area (TPSA) is 105 Å². The molecule has 42 heavy (non-hydrogen) atoms. The molecule has 7 nitrogen and oxygen atoms in total. The standard InChI is InChI=1S/C30H23F5N2O5/c1-42-24-13-23(32)21(14-2-4-15(5-3-14)29(40)41)12-22(24)27(38)37-26-17-7-6-16(8-17)25(26)28(39)36-20-10-18(30(33,34)35)9-19(31)11-20/h2-7,9-13,16-17,25-26H,8H2,1H3,(H,36,39)(H,37,38)(H,40,41)/t16-,17+,25+,26-/m1/s1. The molecule has 0 unspecified atom stereocenters. The van der Waals surface area contributed by atoms with E-state index in [0.717, 1.165) is 12.1 Å². The number of carbonyl (C=O) groups excluding carboxylic acids is 2. The second kappa shape index (κ2) is 10.9. The summed E-state index contributed by atoms with van der Waals surface area (Å²) in [5.41, 5.74) is -1.38. The van der Waals surface area contributed by atoms with Gasteiger partial charge in [-0.05, 0) is 60.2 Å². The van der Waals surface area contributed by atoms with Crippen molar-refractivity contribution in [3.63, 3.8) is 0 Å². The fourth-order valence-corrected chi connectivity index (χ4v) is 5.57. The summed E-state index contributed by atoms with van der Waals surface area (Å²) in [5, 5.41) is 14.3. The molecule has 4 atom stereocenters. The summed E-state index contributed by atoms with van der Waals surface area (Å²) >= 11 is 0. The molecule has 3 N–H and O–H groups in total. The minimum absolute atomic E-state index is 0.00610. The summed E-state index contributed by atoms with van der Waals surface area (Å²) in [6.07, 6.45) is -0.692. The number of allylic oxidation sites excluding steroid dienone is 1. The highest BCUT2D eigenvalue weighted by atomic mass is 19.4. The molecule has 2 bridgehead atoms. The minimum Gasteiger partial charge on any atom is -0.496 e. The minimum atomic E-state index is -4.82. The van der Waals surface area contributed by atoms with Gasteiger partial charge >= 0.3 is 12.1 Å². The number of halogens is 5. The van der Waals surface area contributed by atoms with Gasteiger partial charge in [0.1, 0.15) is 17.4 Å². The van der Waals surface area contributed by atoms with Crippen molar-refractivity contribution in [3.8, 4) is 16.9 Å². The summed E-state index contributed by atoms with van der Waals surface area (Å²) < 4.78 is 73.6. The van der Waals surface area contributed by atoms with Crippen molar-refractivity contribution in [1.82, 2.24) is 5.32 Å². The second-order valence-corrected chi connectivity index (χ2v) is 10.1. The molecule has 3 aromatic rings. The van der Waals surface area contributed by atoms with Crippen molar-refractivity contribution in [2.45, 2.75) is 18.6 Å². The normalized spacial score (nSPS) is 20.8. The van der Waals surface area contributed by atoms with E-state index in [1.807, 2.05) is 6.08 Å². The molecule has 5 rings (SSSR count). The van der Waals surface area contributed by atoms with E-state index < -0.39 is 53.1 Å². The zero-order chi connectivity index (χ0) is 30.3. The van der Waals surface area contributed by atoms with Crippen molar-refractivity contribution in [2.75, 3.05) is 12.4 Å². The number of carboxylic acids is 1. The van der Waals surface area contributed by atoms with Gasteiger partial charge in [-0.15, -0.1) is 0 Å². The van der Waals surface area contributed by atoms with Gasteiger partial charge in [-0.3, -0.25) is 9.59 Å². The number of aromatic carboxylic acids is 1. The number of alkyl halides is 3. The lowest BCUT2D eigenvalue weighted by molar-refractivity contribution is -0.137. The largest absolute Gasteiger partial charge is 0.496 e. The number of fused-ring (bicyclic) bond motifs is 2. The molecule has 0 saturated heterocycles. The Kier molecular flexibility index (Phi) is 7.48. The van der Waals surface area contributed by atoms with Gasteiger partial charge in [0.25, 0.3) is 5.91 Å². The third-order valence-corrected chi connectivity index (χ3v) is 7.53. The Labute approximate surface area is 236 Å². The molecule has 2 amide bonds. The van der Waals surface area contributed by atoms with E-state index in [9.17, 15) is 36.3 Å². The van der Waals surface area contributed by atoms with Crippen LogP contribution in [0.4, 0.5) is 27.6 Å². The molecule has 12 heteroatoms. The molecular formula is C30H23F5N2O5. The van der Waals surface area contributed by atoms with Crippen LogP contribution in [0.1, 0.15) is 32.7 Å². The number of methoxy groups -OCH3 is 1. The SMILES string of the molecule is COc1cc(F)c(-c2ccc(C(=O)O)cc2)cc1C(=O)N[C@H]1[C@@H](C(=O)Nc2cc(F)cc(C(F)(F)F)c2)[C@@H]2C=C[C@H]1C2. The smallest absolute Gasteiger partial charge is 0.416 e. The summed E-state index contributed by atoms with van der Waals surface area (Å²) in [4.78, 5) is 37.9. The Balaban J connectivity index is 1.41. The van der Waals surface area contributed by atoms with E-state index in [2.05, 4.69) is 10.6 Å². The van der Waals surface area contributed by atoms with Crippen molar-refractivity contribution < 1.29 is 46.2 Å². The maximum atomic E-state index is 15.0. The summed E-state index contributed by atoms with van der Waals surface area (Å²) in [6.45, 7) is 0. The molecule has 2 aliphatic carbocycles. The molecule has 3 aromatic carbocycles. The van der Waals surface area contributed by atoms with Gasteiger partial charge in [0.05, 0.1) is 29.7 Å².